The molecule has 12 heteroatoms. The maximum Gasteiger partial charge on any atom is 0.341 e. The standard InChI is InChI=1S/C26H27FN4O7/c1-37-23-9-15(20(31(35)36)12-24(23)38-2)13-28-5-7-29(8-6-28)22-11-21-17(10-19(22)27)25(32)18(26(33)34)14-30(21)16-3-4-16/h9-12,14,16H,3-8,13H2,1-2H3,(H,33,34). The summed E-state index contributed by atoms with van der Waals surface area (Å²) in [4.78, 5) is 39.4. The highest BCUT2D eigenvalue weighted by atomic mass is 19.1. The first-order valence-corrected chi connectivity index (χ1v) is 12.2. The van der Waals surface area contributed by atoms with Gasteiger partial charge in [-0.1, -0.05) is 0 Å². The van der Waals surface area contributed by atoms with Gasteiger partial charge in [0.1, 0.15) is 11.4 Å². The van der Waals surface area contributed by atoms with Gasteiger partial charge < -0.3 is 24.0 Å². The molecule has 200 valence electrons. The quantitative estimate of drug-likeness (QED) is 0.347. The van der Waals surface area contributed by atoms with Gasteiger partial charge in [-0.15, -0.1) is 0 Å². The fourth-order valence-corrected chi connectivity index (χ4v) is 5.00. The number of carbonyl (C=O) groups is 1. The number of halogens is 1. The third-order valence-corrected chi connectivity index (χ3v) is 7.16. The smallest absolute Gasteiger partial charge is 0.341 e. The molecule has 3 aromatic rings. The molecule has 1 saturated carbocycles. The lowest BCUT2D eigenvalue weighted by Crippen LogP contribution is -2.46. The van der Waals surface area contributed by atoms with Gasteiger partial charge in [-0.3, -0.25) is 19.8 Å². The minimum absolute atomic E-state index is 0.0532. The van der Waals surface area contributed by atoms with E-state index in [0.29, 0.717) is 55.2 Å². The number of nitrogens with zero attached hydrogens (tertiary/aromatic N) is 4. The number of methoxy groups -OCH3 is 2. The van der Waals surface area contributed by atoms with Crippen LogP contribution in [-0.4, -0.2) is 65.9 Å². The number of carboxylic acids is 1. The summed E-state index contributed by atoms with van der Waals surface area (Å²) >= 11 is 0. The SMILES string of the molecule is COc1cc(CN2CCN(c3cc4c(cc3F)c(=O)c(C(=O)O)cn4C3CC3)CC2)c([N+](=O)[O-])cc1OC. The zero-order chi connectivity index (χ0) is 27.1. The number of hydrogen-bond acceptors (Lipinski definition) is 8. The molecule has 1 N–H and O–H groups in total. The summed E-state index contributed by atoms with van der Waals surface area (Å²) in [7, 11) is 2.89. The number of hydrogen-bond donors (Lipinski definition) is 1. The average molecular weight is 527 g/mol. The van der Waals surface area contributed by atoms with Gasteiger partial charge in [0.05, 0.1) is 36.4 Å². The van der Waals surface area contributed by atoms with Gasteiger partial charge >= 0.3 is 5.97 Å². The number of fused-ring (bicyclic) bond motifs is 1. The monoisotopic (exact) mass is 526 g/mol. The molecule has 1 aliphatic carbocycles. The van der Waals surface area contributed by atoms with Crippen LogP contribution in [-0.2, 0) is 6.54 Å². The second kappa shape index (κ2) is 9.93. The number of piperazine rings is 1. The van der Waals surface area contributed by atoms with E-state index in [1.165, 1.54) is 26.5 Å². The molecule has 0 amide bonds. The van der Waals surface area contributed by atoms with Crippen LogP contribution in [0, 0.1) is 15.9 Å². The Morgan fingerprint density at radius 2 is 1.76 bits per heavy atom. The molecule has 1 aromatic heterocycles. The number of pyridine rings is 1. The van der Waals surface area contributed by atoms with Crippen LogP contribution in [0.1, 0.15) is 34.8 Å². The molecule has 11 nitrogen and oxygen atoms in total. The van der Waals surface area contributed by atoms with Crippen LogP contribution < -0.4 is 19.8 Å². The first kappa shape index (κ1) is 25.5. The van der Waals surface area contributed by atoms with E-state index in [4.69, 9.17) is 9.47 Å². The first-order valence-electron chi connectivity index (χ1n) is 12.2. The van der Waals surface area contributed by atoms with E-state index in [1.54, 1.807) is 16.7 Å². The molecular weight excluding hydrogens is 499 g/mol. The third-order valence-electron chi connectivity index (χ3n) is 7.16. The number of aromatic nitrogens is 1. The Morgan fingerprint density at radius 1 is 1.11 bits per heavy atom. The van der Waals surface area contributed by atoms with Crippen molar-refractivity contribution in [3.8, 4) is 11.5 Å². The van der Waals surface area contributed by atoms with Crippen LogP contribution in [0.15, 0.2) is 35.3 Å². The molecule has 2 aromatic carbocycles. The molecular formula is C26H27FN4O7. The predicted octanol–water partition coefficient (Wildman–Crippen LogP) is 3.42. The average Bonchev–Trinajstić information content (AvgIpc) is 3.74. The van der Waals surface area contributed by atoms with E-state index in [9.17, 15) is 24.8 Å². The van der Waals surface area contributed by atoms with Gasteiger partial charge in [0, 0.05) is 55.9 Å². The van der Waals surface area contributed by atoms with Crippen LogP contribution in [0.3, 0.4) is 0 Å². The number of benzene rings is 2. The molecule has 1 aliphatic heterocycles. The summed E-state index contributed by atoms with van der Waals surface area (Å²) in [5, 5.41) is 21.2. The highest BCUT2D eigenvalue weighted by Gasteiger charge is 2.29. The van der Waals surface area contributed by atoms with Crippen molar-refractivity contribution in [1.82, 2.24) is 9.47 Å². The molecule has 2 aliphatic rings. The van der Waals surface area contributed by atoms with Gasteiger partial charge in [0.15, 0.2) is 11.5 Å². The molecule has 0 spiro atoms. The molecule has 0 radical (unpaired) electrons. The van der Waals surface area contributed by atoms with Gasteiger partial charge in [0.25, 0.3) is 5.69 Å². The summed E-state index contributed by atoms with van der Waals surface area (Å²) in [5.41, 5.74) is 0.212. The number of nitro groups is 1. The van der Waals surface area contributed by atoms with E-state index in [0.717, 1.165) is 18.9 Å². The van der Waals surface area contributed by atoms with E-state index in [-0.39, 0.29) is 28.4 Å². The minimum atomic E-state index is -1.33. The number of aromatic carboxylic acids is 1. The largest absolute Gasteiger partial charge is 0.493 e. The third kappa shape index (κ3) is 4.62. The van der Waals surface area contributed by atoms with Crippen molar-refractivity contribution in [2.24, 2.45) is 0 Å². The fraction of sp³-hybridized carbons (Fsp3) is 0.385. The van der Waals surface area contributed by atoms with E-state index < -0.39 is 22.1 Å². The van der Waals surface area contributed by atoms with Crippen molar-refractivity contribution in [3.05, 3.63) is 67.7 Å². The summed E-state index contributed by atoms with van der Waals surface area (Å²) < 4.78 is 27.5. The Labute approximate surface area is 216 Å². The van der Waals surface area contributed by atoms with Gasteiger partial charge in [-0.2, -0.15) is 0 Å². The second-order valence-electron chi connectivity index (χ2n) is 9.49. The molecule has 0 unspecified atom stereocenters. The predicted molar refractivity (Wildman–Crippen MR) is 137 cm³/mol. The Morgan fingerprint density at radius 3 is 2.34 bits per heavy atom. The van der Waals surface area contributed by atoms with E-state index in [2.05, 4.69) is 0 Å². The number of rotatable bonds is 8. The molecule has 1 saturated heterocycles. The van der Waals surface area contributed by atoms with Crippen LogP contribution in [0.4, 0.5) is 15.8 Å². The lowest BCUT2D eigenvalue weighted by Gasteiger charge is -2.36. The van der Waals surface area contributed by atoms with Crippen LogP contribution in [0.5, 0.6) is 11.5 Å². The van der Waals surface area contributed by atoms with Crippen molar-refractivity contribution >= 4 is 28.2 Å². The summed E-state index contributed by atoms with van der Waals surface area (Å²) in [6.07, 6.45) is 3.09. The molecule has 2 heterocycles. The first-order chi connectivity index (χ1) is 18.2. The zero-order valence-electron chi connectivity index (χ0n) is 21.0. The maximum absolute atomic E-state index is 15.3. The minimum Gasteiger partial charge on any atom is -0.493 e. The van der Waals surface area contributed by atoms with Crippen molar-refractivity contribution in [2.45, 2.75) is 25.4 Å². The topological polar surface area (TPSA) is 127 Å². The Hall–Kier alpha value is -4.19. The number of anilines is 1. The normalized spacial score (nSPS) is 16.0. The molecule has 38 heavy (non-hydrogen) atoms. The Bertz CT molecular complexity index is 1490. The van der Waals surface area contributed by atoms with Crippen molar-refractivity contribution < 1.29 is 28.7 Å². The van der Waals surface area contributed by atoms with Gasteiger partial charge in [-0.05, 0) is 31.0 Å². The van der Waals surface area contributed by atoms with Gasteiger partial charge in [-0.25, -0.2) is 9.18 Å². The molecule has 2 fully saturated rings. The second-order valence-corrected chi connectivity index (χ2v) is 9.49. The van der Waals surface area contributed by atoms with Crippen LogP contribution in [0.25, 0.3) is 10.9 Å². The molecule has 0 bridgehead atoms. The van der Waals surface area contributed by atoms with Crippen molar-refractivity contribution in [1.29, 1.82) is 0 Å². The molecule has 5 rings (SSSR count). The lowest BCUT2D eigenvalue weighted by molar-refractivity contribution is -0.385. The summed E-state index contributed by atoms with van der Waals surface area (Å²) in [6.45, 7) is 2.28. The van der Waals surface area contributed by atoms with Crippen LogP contribution >= 0.6 is 0 Å². The summed E-state index contributed by atoms with van der Waals surface area (Å²) in [5.74, 6) is -1.25. The van der Waals surface area contributed by atoms with Crippen molar-refractivity contribution in [2.75, 3.05) is 45.3 Å². The number of nitro benzene ring substituents is 1. The van der Waals surface area contributed by atoms with Crippen molar-refractivity contribution in [3.63, 3.8) is 0 Å². The maximum atomic E-state index is 15.3. The highest BCUT2D eigenvalue weighted by molar-refractivity contribution is 5.93. The molecule has 0 atom stereocenters. The lowest BCUT2D eigenvalue weighted by atomic mass is 10.1. The van der Waals surface area contributed by atoms with E-state index in [1.807, 2.05) is 9.80 Å². The Balaban J connectivity index is 1.39. The summed E-state index contributed by atoms with van der Waals surface area (Å²) in [6, 6.07) is 5.81. The number of carboxylic acid groups (broad SMARTS) is 1. The van der Waals surface area contributed by atoms with Gasteiger partial charge in [0.2, 0.25) is 5.43 Å². The number of ether oxygens (including phenoxy) is 2. The van der Waals surface area contributed by atoms with E-state index >= 15 is 4.39 Å². The highest BCUT2D eigenvalue weighted by Crippen LogP contribution is 2.39. The Kier molecular flexibility index (Phi) is 6.66. The zero-order valence-corrected chi connectivity index (χ0v) is 21.0. The van der Waals surface area contributed by atoms with Crippen LogP contribution in [0.2, 0.25) is 0 Å². The fourth-order valence-electron chi connectivity index (χ4n) is 5.00.